The zero-order valence-electron chi connectivity index (χ0n) is 41.8. The third kappa shape index (κ3) is 49.0. The van der Waals surface area contributed by atoms with E-state index in [4.69, 9.17) is 9.47 Å². The van der Waals surface area contributed by atoms with Crippen molar-refractivity contribution in [2.45, 2.75) is 258 Å². The molecule has 0 aliphatic rings. The minimum absolute atomic E-state index is 0.0272. The number of likely N-dealkylation sites (N-methyl/N-ethyl adjacent to an activating group) is 1. The highest BCUT2D eigenvalue weighted by molar-refractivity contribution is 5.60. The summed E-state index contributed by atoms with van der Waals surface area (Å²) in [5, 5.41) is 0. The average Bonchev–Trinajstić information content (AvgIpc) is 3.25. The second-order valence-electron chi connectivity index (χ2n) is 18.4. The van der Waals surface area contributed by atoms with Crippen molar-refractivity contribution in [1.29, 1.82) is 0 Å². The topological polar surface area (TPSA) is 42.0 Å². The molecule has 5 nitrogen and oxygen atoms in total. The van der Waals surface area contributed by atoms with Gasteiger partial charge in [0.1, 0.15) is 12.7 Å². The normalized spacial score (nSPS) is 12.3. The highest BCUT2D eigenvalue weighted by Gasteiger charge is 2.16. The van der Waals surface area contributed by atoms with Crippen molar-refractivity contribution in [3.8, 4) is 0 Å². The second kappa shape index (κ2) is 50.8. The number of carbonyl (C=O) groups excluding carboxylic acids is 1. The van der Waals surface area contributed by atoms with Gasteiger partial charge in [0, 0.05) is 19.6 Å². The van der Waals surface area contributed by atoms with Gasteiger partial charge in [0.25, 0.3) is 0 Å². The molecule has 0 aromatic heterocycles. The Labute approximate surface area is 382 Å². The van der Waals surface area contributed by atoms with Gasteiger partial charge in [0.15, 0.2) is 0 Å². The molecule has 0 radical (unpaired) electrons. The summed E-state index contributed by atoms with van der Waals surface area (Å²) >= 11 is 0. The maximum atomic E-state index is 13.0. The number of hydrogen-bond donors (Lipinski definition) is 0. The van der Waals surface area contributed by atoms with Crippen LogP contribution < -0.4 is 0 Å². The van der Waals surface area contributed by atoms with Gasteiger partial charge in [-0.25, -0.2) is 4.79 Å². The largest absolute Gasteiger partial charge is 0.508 e. The molecule has 0 rings (SSSR count). The van der Waals surface area contributed by atoms with E-state index < -0.39 is 6.16 Å². The number of rotatable bonds is 48. The molecule has 61 heavy (non-hydrogen) atoms. The molecule has 0 saturated heterocycles. The van der Waals surface area contributed by atoms with E-state index in [1.54, 1.807) is 0 Å². The van der Waals surface area contributed by atoms with Gasteiger partial charge in [-0.2, -0.15) is 0 Å². The fraction of sp³-hybridized carbons (Fsp3) is 0.839. The van der Waals surface area contributed by atoms with Crippen LogP contribution in [0, 0.1) is 0 Å². The van der Waals surface area contributed by atoms with Gasteiger partial charge < -0.3 is 14.4 Å². The first-order valence-electron chi connectivity index (χ1n) is 26.8. The summed E-state index contributed by atoms with van der Waals surface area (Å²) in [6.45, 7) is 11.1. The van der Waals surface area contributed by atoms with Crippen LogP contribution in [0.4, 0.5) is 4.79 Å². The zero-order chi connectivity index (χ0) is 44.4. The lowest BCUT2D eigenvalue weighted by molar-refractivity contribution is 0.0117. The van der Waals surface area contributed by atoms with Gasteiger partial charge in [-0.1, -0.05) is 204 Å². The summed E-state index contributed by atoms with van der Waals surface area (Å²) in [5.74, 6) is 0. The molecule has 0 aromatic carbocycles. The van der Waals surface area contributed by atoms with Crippen molar-refractivity contribution in [2.24, 2.45) is 0 Å². The van der Waals surface area contributed by atoms with Crippen LogP contribution in [0.1, 0.15) is 252 Å². The first kappa shape index (κ1) is 59.1. The zero-order valence-corrected chi connectivity index (χ0v) is 41.8. The minimum Gasteiger partial charge on any atom is -0.433 e. The number of ether oxygens (including phenoxy) is 2. The first-order chi connectivity index (χ1) is 30.0. The van der Waals surface area contributed by atoms with E-state index in [-0.39, 0.29) is 6.10 Å². The molecular formula is C56H106N2O3. The van der Waals surface area contributed by atoms with Gasteiger partial charge >= 0.3 is 6.16 Å². The Morgan fingerprint density at radius 3 is 1.20 bits per heavy atom. The maximum absolute atomic E-state index is 13.0. The lowest BCUT2D eigenvalue weighted by Gasteiger charge is -2.24. The smallest absolute Gasteiger partial charge is 0.433 e. The Kier molecular flexibility index (Phi) is 49.3. The molecular weight excluding hydrogens is 749 g/mol. The molecule has 0 atom stereocenters. The fourth-order valence-electron chi connectivity index (χ4n) is 7.91. The molecule has 0 fully saturated rings. The monoisotopic (exact) mass is 855 g/mol. The van der Waals surface area contributed by atoms with E-state index in [0.29, 0.717) is 6.61 Å². The summed E-state index contributed by atoms with van der Waals surface area (Å²) in [6.07, 6.45) is 63.6. The van der Waals surface area contributed by atoms with Crippen LogP contribution in [0.5, 0.6) is 0 Å². The maximum Gasteiger partial charge on any atom is 0.508 e. The van der Waals surface area contributed by atoms with Crippen LogP contribution in [0.15, 0.2) is 48.6 Å². The number of unbranched alkanes of at least 4 members (excludes halogenated alkanes) is 27. The summed E-state index contributed by atoms with van der Waals surface area (Å²) in [4.78, 5) is 17.7. The summed E-state index contributed by atoms with van der Waals surface area (Å²) in [5.41, 5.74) is 0. The number of nitrogens with zero attached hydrogens (tertiary/aromatic N) is 2. The summed E-state index contributed by atoms with van der Waals surface area (Å²) < 4.78 is 11.8. The van der Waals surface area contributed by atoms with Crippen molar-refractivity contribution >= 4 is 6.16 Å². The van der Waals surface area contributed by atoms with Crippen LogP contribution in [0.3, 0.4) is 0 Å². The van der Waals surface area contributed by atoms with E-state index in [0.717, 1.165) is 64.7 Å². The van der Waals surface area contributed by atoms with E-state index in [1.807, 2.05) is 0 Å². The molecule has 0 amide bonds. The van der Waals surface area contributed by atoms with Gasteiger partial charge in [0.2, 0.25) is 0 Å². The molecule has 0 N–H and O–H groups in total. The molecule has 358 valence electrons. The van der Waals surface area contributed by atoms with Gasteiger partial charge in [0.05, 0.1) is 0 Å². The Bertz CT molecular complexity index is 940. The van der Waals surface area contributed by atoms with Gasteiger partial charge in [-0.05, 0) is 117 Å². The molecule has 0 spiro atoms. The molecule has 0 heterocycles. The summed E-state index contributed by atoms with van der Waals surface area (Å²) in [6, 6.07) is 0. The second-order valence-corrected chi connectivity index (χ2v) is 18.4. The van der Waals surface area contributed by atoms with Crippen LogP contribution in [-0.2, 0) is 9.47 Å². The van der Waals surface area contributed by atoms with Crippen molar-refractivity contribution in [3.05, 3.63) is 48.6 Å². The third-order valence-corrected chi connectivity index (χ3v) is 12.0. The highest BCUT2D eigenvalue weighted by Crippen LogP contribution is 2.18. The third-order valence-electron chi connectivity index (χ3n) is 12.0. The number of hydrogen-bond acceptors (Lipinski definition) is 5. The molecule has 0 aromatic rings. The number of allylic oxidation sites excluding steroid dienone is 8. The summed E-state index contributed by atoms with van der Waals surface area (Å²) in [7, 11) is 4.27. The lowest BCUT2D eigenvalue weighted by atomic mass is 10.0. The Morgan fingerprint density at radius 2 is 0.770 bits per heavy atom. The quantitative estimate of drug-likeness (QED) is 0.0346. The predicted octanol–water partition coefficient (Wildman–Crippen LogP) is 17.7. The van der Waals surface area contributed by atoms with Crippen LogP contribution in [-0.4, -0.2) is 68.9 Å². The van der Waals surface area contributed by atoms with Crippen molar-refractivity contribution < 1.29 is 14.3 Å². The van der Waals surface area contributed by atoms with E-state index in [9.17, 15) is 4.79 Å². The molecule has 5 heteroatoms. The van der Waals surface area contributed by atoms with Crippen molar-refractivity contribution in [3.63, 3.8) is 0 Å². The van der Waals surface area contributed by atoms with Crippen LogP contribution in [0.2, 0.25) is 0 Å². The van der Waals surface area contributed by atoms with E-state index in [2.05, 4.69) is 93.3 Å². The van der Waals surface area contributed by atoms with Crippen LogP contribution >= 0.6 is 0 Å². The first-order valence-corrected chi connectivity index (χ1v) is 26.8. The minimum atomic E-state index is -0.462. The standard InChI is InChI=1S/C56H106N2O3/c1-6-9-12-15-18-21-24-26-28-30-32-34-36-39-42-45-48-55(49-46-43-40-37-35-33-31-29-27-25-22-19-16-13-10-7-2)61-56(59)60-54-53-58(52-51-57(4)5)50-47-44-41-38-23-20-17-14-11-8-3/h18-19,21-22,26-29,55H,6-17,20,23-25,30-54H2,1-5H3/b21-18-,22-19-,28-26-,29-27-. The lowest BCUT2D eigenvalue weighted by Crippen LogP contribution is -2.35. The fourth-order valence-corrected chi connectivity index (χ4v) is 7.91. The van der Waals surface area contributed by atoms with Gasteiger partial charge in [-0.15, -0.1) is 0 Å². The molecule has 0 unspecified atom stereocenters. The Hall–Kier alpha value is -1.85. The van der Waals surface area contributed by atoms with Crippen molar-refractivity contribution in [1.82, 2.24) is 9.80 Å². The Balaban J connectivity index is 4.59. The van der Waals surface area contributed by atoms with E-state index >= 15 is 0 Å². The molecule has 0 aliphatic heterocycles. The predicted molar refractivity (Wildman–Crippen MR) is 271 cm³/mol. The average molecular weight is 855 g/mol. The molecule has 0 bridgehead atoms. The molecule has 0 aliphatic carbocycles. The number of carbonyl (C=O) groups is 1. The van der Waals surface area contributed by atoms with Crippen LogP contribution in [0.25, 0.3) is 0 Å². The van der Waals surface area contributed by atoms with Crippen molar-refractivity contribution in [2.75, 3.05) is 46.9 Å². The molecule has 0 saturated carbocycles. The Morgan fingerprint density at radius 1 is 0.410 bits per heavy atom. The van der Waals surface area contributed by atoms with E-state index in [1.165, 1.54) is 193 Å². The van der Waals surface area contributed by atoms with Gasteiger partial charge in [-0.3, -0.25) is 4.90 Å². The highest BCUT2D eigenvalue weighted by atomic mass is 16.7. The SMILES string of the molecule is CCCCC/C=C\C/C=C\CCCCCCCCC(CCCCCCCC/C=C\C/C=C\CCCCC)OC(=O)OCCN(CCCCCCCCCCCC)CCN(C)C.